The van der Waals surface area contributed by atoms with E-state index in [0.717, 1.165) is 4.88 Å². The standard InChI is InChI=1S/C10H14N2OS/c11-10(7-1-2-7)4-8(13)3-9-5-12-6-14-9/h5-7,10H,1-4,11H2. The van der Waals surface area contributed by atoms with Crippen molar-refractivity contribution in [2.75, 3.05) is 0 Å². The minimum absolute atomic E-state index is 0.0930. The number of hydrogen-bond donors (Lipinski definition) is 1. The zero-order valence-corrected chi connectivity index (χ0v) is 8.80. The lowest BCUT2D eigenvalue weighted by atomic mass is 10.0. The molecular formula is C10H14N2OS. The van der Waals surface area contributed by atoms with Crippen molar-refractivity contribution in [3.8, 4) is 0 Å². The second kappa shape index (κ2) is 4.19. The van der Waals surface area contributed by atoms with E-state index in [9.17, 15) is 4.79 Å². The number of rotatable bonds is 5. The first-order valence-electron chi connectivity index (χ1n) is 4.90. The molecule has 0 aromatic carbocycles. The number of aromatic nitrogens is 1. The summed E-state index contributed by atoms with van der Waals surface area (Å²) in [4.78, 5) is 16.5. The monoisotopic (exact) mass is 210 g/mol. The fourth-order valence-corrected chi connectivity index (χ4v) is 2.17. The van der Waals surface area contributed by atoms with Gasteiger partial charge in [-0.15, -0.1) is 11.3 Å². The van der Waals surface area contributed by atoms with Crippen LogP contribution in [0.1, 0.15) is 24.1 Å². The molecular weight excluding hydrogens is 196 g/mol. The molecule has 3 nitrogen and oxygen atoms in total. The third-order valence-electron chi connectivity index (χ3n) is 2.55. The van der Waals surface area contributed by atoms with Gasteiger partial charge in [-0.05, 0) is 18.8 Å². The highest BCUT2D eigenvalue weighted by atomic mass is 32.1. The predicted molar refractivity (Wildman–Crippen MR) is 56.1 cm³/mol. The number of thiazole rings is 1. The van der Waals surface area contributed by atoms with Crippen molar-refractivity contribution >= 4 is 17.1 Å². The molecule has 1 atom stereocenters. The van der Waals surface area contributed by atoms with E-state index >= 15 is 0 Å². The van der Waals surface area contributed by atoms with Crippen molar-refractivity contribution < 1.29 is 4.79 Å². The smallest absolute Gasteiger partial charge is 0.139 e. The molecule has 1 aliphatic rings. The molecule has 1 fully saturated rings. The Morgan fingerprint density at radius 1 is 1.71 bits per heavy atom. The van der Waals surface area contributed by atoms with Crippen LogP contribution in [0.5, 0.6) is 0 Å². The van der Waals surface area contributed by atoms with Gasteiger partial charge in [-0.2, -0.15) is 0 Å². The molecule has 4 heteroatoms. The topological polar surface area (TPSA) is 56.0 Å². The number of nitrogens with two attached hydrogens (primary N) is 1. The van der Waals surface area contributed by atoms with Crippen LogP contribution in [0.2, 0.25) is 0 Å². The first-order valence-corrected chi connectivity index (χ1v) is 5.78. The fraction of sp³-hybridized carbons (Fsp3) is 0.600. The Morgan fingerprint density at radius 2 is 2.50 bits per heavy atom. The third kappa shape index (κ3) is 2.62. The van der Waals surface area contributed by atoms with Crippen molar-refractivity contribution in [2.45, 2.75) is 31.7 Å². The fourth-order valence-electron chi connectivity index (χ4n) is 1.55. The largest absolute Gasteiger partial charge is 0.327 e. The summed E-state index contributed by atoms with van der Waals surface area (Å²) < 4.78 is 0. The summed E-state index contributed by atoms with van der Waals surface area (Å²) in [6.45, 7) is 0. The van der Waals surface area contributed by atoms with Gasteiger partial charge in [0.25, 0.3) is 0 Å². The zero-order chi connectivity index (χ0) is 9.97. The van der Waals surface area contributed by atoms with E-state index in [1.807, 2.05) is 0 Å². The van der Waals surface area contributed by atoms with Crippen LogP contribution in [0, 0.1) is 5.92 Å². The molecule has 1 aliphatic carbocycles. The lowest BCUT2D eigenvalue weighted by molar-refractivity contribution is -0.118. The van der Waals surface area contributed by atoms with Crippen molar-refractivity contribution in [1.29, 1.82) is 0 Å². The van der Waals surface area contributed by atoms with Gasteiger partial charge in [-0.1, -0.05) is 0 Å². The van der Waals surface area contributed by atoms with Crippen LogP contribution in [0.25, 0.3) is 0 Å². The first-order chi connectivity index (χ1) is 6.75. The van der Waals surface area contributed by atoms with E-state index in [2.05, 4.69) is 4.98 Å². The number of Topliss-reactive ketones (excluding diaryl/α,β-unsaturated/α-hetero) is 1. The van der Waals surface area contributed by atoms with Crippen LogP contribution in [0.15, 0.2) is 11.7 Å². The van der Waals surface area contributed by atoms with E-state index in [1.165, 1.54) is 24.2 Å². The Morgan fingerprint density at radius 3 is 3.07 bits per heavy atom. The molecule has 1 heterocycles. The highest BCUT2D eigenvalue weighted by molar-refractivity contribution is 7.09. The van der Waals surface area contributed by atoms with Crippen LogP contribution in [-0.4, -0.2) is 16.8 Å². The SMILES string of the molecule is NC(CC(=O)Cc1cncs1)C1CC1. The molecule has 2 N–H and O–H groups in total. The van der Waals surface area contributed by atoms with Gasteiger partial charge in [-0.25, -0.2) is 0 Å². The van der Waals surface area contributed by atoms with Crippen LogP contribution in [0.3, 0.4) is 0 Å². The van der Waals surface area contributed by atoms with Gasteiger partial charge in [0, 0.05) is 30.0 Å². The Kier molecular flexibility index (Phi) is 2.93. The first kappa shape index (κ1) is 9.80. The molecule has 1 unspecified atom stereocenters. The minimum atomic E-state index is 0.0930. The molecule has 0 amide bonds. The van der Waals surface area contributed by atoms with Gasteiger partial charge >= 0.3 is 0 Å². The summed E-state index contributed by atoms with van der Waals surface area (Å²) in [6.07, 6.45) is 5.20. The lowest BCUT2D eigenvalue weighted by Crippen LogP contribution is -2.26. The van der Waals surface area contributed by atoms with Crippen LogP contribution < -0.4 is 5.73 Å². The van der Waals surface area contributed by atoms with Gasteiger partial charge < -0.3 is 5.73 Å². The molecule has 0 spiro atoms. The maximum atomic E-state index is 11.6. The quantitative estimate of drug-likeness (QED) is 0.798. The predicted octanol–water partition coefficient (Wildman–Crippen LogP) is 1.38. The van der Waals surface area contributed by atoms with E-state index in [1.54, 1.807) is 11.7 Å². The molecule has 0 saturated heterocycles. The van der Waals surface area contributed by atoms with Gasteiger partial charge in [0.2, 0.25) is 0 Å². The highest BCUT2D eigenvalue weighted by Gasteiger charge is 2.29. The Bertz CT molecular complexity index is 306. The summed E-state index contributed by atoms with van der Waals surface area (Å²) in [5, 5.41) is 0. The van der Waals surface area contributed by atoms with Crippen molar-refractivity contribution in [3.63, 3.8) is 0 Å². The molecule has 0 radical (unpaired) electrons. The van der Waals surface area contributed by atoms with E-state index < -0.39 is 0 Å². The van der Waals surface area contributed by atoms with Crippen molar-refractivity contribution in [1.82, 2.24) is 4.98 Å². The van der Waals surface area contributed by atoms with Gasteiger partial charge in [0.05, 0.1) is 5.51 Å². The van der Waals surface area contributed by atoms with Gasteiger partial charge in [-0.3, -0.25) is 9.78 Å². The molecule has 76 valence electrons. The Labute approximate surface area is 87.3 Å². The summed E-state index contributed by atoms with van der Waals surface area (Å²) in [5.74, 6) is 0.856. The molecule has 0 aliphatic heterocycles. The lowest BCUT2D eigenvalue weighted by Gasteiger charge is -2.07. The normalized spacial score (nSPS) is 18.1. The molecule has 1 saturated carbocycles. The van der Waals surface area contributed by atoms with Crippen LogP contribution in [-0.2, 0) is 11.2 Å². The average Bonchev–Trinajstić information content (AvgIpc) is 2.87. The number of hydrogen-bond acceptors (Lipinski definition) is 4. The Balaban J connectivity index is 1.78. The molecule has 1 aromatic heterocycles. The number of carbonyl (C=O) groups excluding carboxylic acids is 1. The number of nitrogens with zero attached hydrogens (tertiary/aromatic N) is 1. The summed E-state index contributed by atoms with van der Waals surface area (Å²) in [6, 6.07) is 0.0930. The summed E-state index contributed by atoms with van der Waals surface area (Å²) in [7, 11) is 0. The molecule has 0 bridgehead atoms. The summed E-state index contributed by atoms with van der Waals surface area (Å²) in [5.41, 5.74) is 7.63. The van der Waals surface area contributed by atoms with Gasteiger partial charge in [0.1, 0.15) is 5.78 Å². The van der Waals surface area contributed by atoms with Crippen molar-refractivity contribution in [2.24, 2.45) is 11.7 Å². The van der Waals surface area contributed by atoms with E-state index in [-0.39, 0.29) is 11.8 Å². The molecule has 14 heavy (non-hydrogen) atoms. The maximum Gasteiger partial charge on any atom is 0.139 e. The van der Waals surface area contributed by atoms with E-state index in [0.29, 0.717) is 18.8 Å². The zero-order valence-electron chi connectivity index (χ0n) is 7.98. The number of carbonyl (C=O) groups is 1. The van der Waals surface area contributed by atoms with Crippen LogP contribution in [0.4, 0.5) is 0 Å². The maximum absolute atomic E-state index is 11.6. The molecule has 1 aromatic rings. The van der Waals surface area contributed by atoms with Gasteiger partial charge in [0.15, 0.2) is 0 Å². The second-order valence-corrected chi connectivity index (χ2v) is 4.86. The van der Waals surface area contributed by atoms with Crippen LogP contribution >= 0.6 is 11.3 Å². The van der Waals surface area contributed by atoms with E-state index in [4.69, 9.17) is 5.73 Å². The third-order valence-corrected chi connectivity index (χ3v) is 3.33. The minimum Gasteiger partial charge on any atom is -0.327 e. The number of ketones is 1. The molecule has 2 rings (SSSR count). The summed E-state index contributed by atoms with van der Waals surface area (Å²) >= 11 is 1.53. The highest BCUT2D eigenvalue weighted by Crippen LogP contribution is 2.33. The average molecular weight is 210 g/mol. The van der Waals surface area contributed by atoms with Crippen molar-refractivity contribution in [3.05, 3.63) is 16.6 Å². The second-order valence-electron chi connectivity index (χ2n) is 3.89. The Hall–Kier alpha value is -0.740.